The third-order valence-corrected chi connectivity index (χ3v) is 4.35. The highest BCUT2D eigenvalue weighted by atomic mass is 127. The third-order valence-electron chi connectivity index (χ3n) is 3.22. The molecule has 0 spiro atoms. The number of rotatable bonds is 5. The first-order chi connectivity index (χ1) is 10.5. The van der Waals surface area contributed by atoms with Gasteiger partial charge in [0, 0.05) is 8.59 Å². The zero-order chi connectivity index (χ0) is 16.1. The number of hydrogen-bond donors (Lipinski definition) is 1. The molecule has 0 bridgehead atoms. The lowest BCUT2D eigenvalue weighted by Gasteiger charge is -2.12. The number of carbonyl (C=O) groups excluding carboxylic acids is 1. The molecule has 0 aliphatic carbocycles. The van der Waals surface area contributed by atoms with E-state index in [0.717, 1.165) is 20.4 Å². The lowest BCUT2D eigenvalue weighted by molar-refractivity contribution is 0.0946. The Balaban J connectivity index is 1.87. The molecule has 5 heteroatoms. The van der Waals surface area contributed by atoms with Crippen LogP contribution in [0, 0.1) is 17.4 Å². The number of amides is 1. The van der Waals surface area contributed by atoms with Crippen LogP contribution in [0.4, 0.5) is 0 Å². The number of halogens is 2. The van der Waals surface area contributed by atoms with Crippen LogP contribution in [0.2, 0.25) is 5.02 Å². The normalized spacial score (nSPS) is 10.4. The molecule has 0 radical (unpaired) electrons. The van der Waals surface area contributed by atoms with Crippen LogP contribution in [-0.2, 0) is 0 Å². The van der Waals surface area contributed by atoms with Crippen molar-refractivity contribution in [3.05, 3.63) is 61.7 Å². The Kier molecular flexibility index (Phi) is 6.08. The summed E-state index contributed by atoms with van der Waals surface area (Å²) < 4.78 is 6.60. The van der Waals surface area contributed by atoms with Crippen molar-refractivity contribution in [2.75, 3.05) is 13.2 Å². The van der Waals surface area contributed by atoms with Gasteiger partial charge in [0.15, 0.2) is 0 Å². The molecule has 2 aromatic carbocycles. The molecular formula is C17H17ClINO2. The van der Waals surface area contributed by atoms with Crippen LogP contribution in [-0.4, -0.2) is 19.1 Å². The number of carbonyl (C=O) groups is 1. The molecule has 1 amide bonds. The van der Waals surface area contributed by atoms with Gasteiger partial charge >= 0.3 is 0 Å². The summed E-state index contributed by atoms with van der Waals surface area (Å²) in [5, 5.41) is 3.48. The first kappa shape index (κ1) is 17.1. The zero-order valence-corrected chi connectivity index (χ0v) is 15.4. The predicted octanol–water partition coefficient (Wildman–Crippen LogP) is 4.37. The maximum atomic E-state index is 12.1. The van der Waals surface area contributed by atoms with E-state index in [1.807, 2.05) is 32.0 Å². The van der Waals surface area contributed by atoms with Gasteiger partial charge in [-0.2, -0.15) is 0 Å². The third kappa shape index (κ3) is 4.36. The molecule has 1 N–H and O–H groups in total. The van der Waals surface area contributed by atoms with Crippen molar-refractivity contribution in [2.24, 2.45) is 0 Å². The van der Waals surface area contributed by atoms with Crippen molar-refractivity contribution >= 4 is 40.1 Å². The molecule has 0 aliphatic heterocycles. The minimum Gasteiger partial charge on any atom is -0.491 e. The number of hydrogen-bond acceptors (Lipinski definition) is 2. The fraction of sp³-hybridized carbons (Fsp3) is 0.235. The molecule has 0 aliphatic rings. The second-order valence-corrected chi connectivity index (χ2v) is 6.55. The van der Waals surface area contributed by atoms with Crippen LogP contribution < -0.4 is 10.1 Å². The van der Waals surface area contributed by atoms with Crippen LogP contribution in [0.25, 0.3) is 0 Å². The van der Waals surface area contributed by atoms with Crippen LogP contribution in [0.15, 0.2) is 36.4 Å². The molecule has 2 rings (SSSR count). The predicted molar refractivity (Wildman–Crippen MR) is 97.9 cm³/mol. The first-order valence-electron chi connectivity index (χ1n) is 6.91. The minimum atomic E-state index is -0.119. The van der Waals surface area contributed by atoms with Gasteiger partial charge in [0.1, 0.15) is 12.4 Å². The number of ether oxygens (including phenoxy) is 1. The maximum absolute atomic E-state index is 12.1. The summed E-state index contributed by atoms with van der Waals surface area (Å²) in [6, 6.07) is 11.2. The second kappa shape index (κ2) is 7.83. The Labute approximate surface area is 149 Å². The Morgan fingerprint density at radius 3 is 2.55 bits per heavy atom. The van der Waals surface area contributed by atoms with Crippen LogP contribution in [0.1, 0.15) is 21.5 Å². The van der Waals surface area contributed by atoms with Gasteiger partial charge in [-0.3, -0.25) is 4.79 Å². The lowest BCUT2D eigenvalue weighted by Crippen LogP contribution is -2.28. The molecule has 116 valence electrons. The fourth-order valence-corrected chi connectivity index (χ4v) is 3.23. The molecule has 0 heterocycles. The summed E-state index contributed by atoms with van der Waals surface area (Å²) in [6.07, 6.45) is 0. The Morgan fingerprint density at radius 2 is 1.91 bits per heavy atom. The summed E-state index contributed by atoms with van der Waals surface area (Å²) in [6.45, 7) is 4.90. The Bertz CT molecular complexity index is 668. The average molecular weight is 430 g/mol. The van der Waals surface area contributed by atoms with Crippen molar-refractivity contribution in [1.29, 1.82) is 0 Å². The molecule has 2 aromatic rings. The highest BCUT2D eigenvalue weighted by Crippen LogP contribution is 2.22. The van der Waals surface area contributed by atoms with Crippen molar-refractivity contribution in [2.45, 2.75) is 13.8 Å². The second-order valence-electron chi connectivity index (χ2n) is 4.95. The van der Waals surface area contributed by atoms with Gasteiger partial charge in [0.25, 0.3) is 5.91 Å². The van der Waals surface area contributed by atoms with Crippen molar-refractivity contribution in [3.63, 3.8) is 0 Å². The molecule has 0 aromatic heterocycles. The summed E-state index contributed by atoms with van der Waals surface area (Å²) in [4.78, 5) is 12.1. The summed E-state index contributed by atoms with van der Waals surface area (Å²) >= 11 is 7.99. The molecule has 3 nitrogen and oxygen atoms in total. The van der Waals surface area contributed by atoms with E-state index in [-0.39, 0.29) is 5.91 Å². The summed E-state index contributed by atoms with van der Waals surface area (Å²) in [7, 11) is 0. The quantitative estimate of drug-likeness (QED) is 0.566. The first-order valence-corrected chi connectivity index (χ1v) is 8.37. The Morgan fingerprint density at radius 1 is 1.23 bits per heavy atom. The molecule has 0 saturated carbocycles. The average Bonchev–Trinajstić information content (AvgIpc) is 2.45. The van der Waals surface area contributed by atoms with Crippen LogP contribution in [0.5, 0.6) is 5.75 Å². The van der Waals surface area contributed by atoms with Crippen molar-refractivity contribution < 1.29 is 9.53 Å². The molecular weight excluding hydrogens is 413 g/mol. The standard InChI is InChI=1S/C17H17ClINO2/c1-11-4-3-5-12(2)16(11)22-9-8-20-17(21)14-7-6-13(18)10-15(14)19/h3-7,10H,8-9H2,1-2H3,(H,20,21). The highest BCUT2D eigenvalue weighted by molar-refractivity contribution is 14.1. The van der Waals surface area contributed by atoms with Gasteiger partial charge in [-0.25, -0.2) is 0 Å². The van der Waals surface area contributed by atoms with E-state index < -0.39 is 0 Å². The molecule has 0 unspecified atom stereocenters. The van der Waals surface area contributed by atoms with Gasteiger partial charge in [-0.15, -0.1) is 0 Å². The van der Waals surface area contributed by atoms with E-state index in [4.69, 9.17) is 16.3 Å². The van der Waals surface area contributed by atoms with E-state index in [9.17, 15) is 4.79 Å². The van der Waals surface area contributed by atoms with Crippen LogP contribution in [0.3, 0.4) is 0 Å². The summed E-state index contributed by atoms with van der Waals surface area (Å²) in [5.41, 5.74) is 2.81. The number of aryl methyl sites for hydroxylation is 2. The zero-order valence-electron chi connectivity index (χ0n) is 12.5. The smallest absolute Gasteiger partial charge is 0.252 e. The minimum absolute atomic E-state index is 0.119. The molecule has 0 atom stereocenters. The van der Waals surface area contributed by atoms with E-state index in [2.05, 4.69) is 27.9 Å². The van der Waals surface area contributed by atoms with E-state index in [1.54, 1.807) is 18.2 Å². The molecule has 0 fully saturated rings. The van der Waals surface area contributed by atoms with E-state index in [1.165, 1.54) is 0 Å². The fourth-order valence-electron chi connectivity index (χ4n) is 2.11. The van der Waals surface area contributed by atoms with Crippen LogP contribution >= 0.6 is 34.2 Å². The van der Waals surface area contributed by atoms with Crippen molar-refractivity contribution in [3.8, 4) is 5.75 Å². The molecule has 22 heavy (non-hydrogen) atoms. The highest BCUT2D eigenvalue weighted by Gasteiger charge is 2.10. The van der Waals surface area contributed by atoms with Gasteiger partial charge in [0.05, 0.1) is 12.1 Å². The van der Waals surface area contributed by atoms with Gasteiger partial charge in [-0.1, -0.05) is 29.8 Å². The largest absolute Gasteiger partial charge is 0.491 e. The van der Waals surface area contributed by atoms with E-state index >= 15 is 0 Å². The maximum Gasteiger partial charge on any atom is 0.252 e. The van der Waals surface area contributed by atoms with Gasteiger partial charge in [-0.05, 0) is 65.8 Å². The SMILES string of the molecule is Cc1cccc(C)c1OCCNC(=O)c1ccc(Cl)cc1I. The Hall–Kier alpha value is -1.27. The summed E-state index contributed by atoms with van der Waals surface area (Å²) in [5.74, 6) is 0.768. The van der Waals surface area contributed by atoms with Gasteiger partial charge < -0.3 is 10.1 Å². The van der Waals surface area contributed by atoms with E-state index in [0.29, 0.717) is 23.7 Å². The number of nitrogens with one attached hydrogen (secondary N) is 1. The number of benzene rings is 2. The van der Waals surface area contributed by atoms with Gasteiger partial charge in [0.2, 0.25) is 0 Å². The topological polar surface area (TPSA) is 38.3 Å². The monoisotopic (exact) mass is 429 g/mol. The van der Waals surface area contributed by atoms with Crippen molar-refractivity contribution in [1.82, 2.24) is 5.32 Å². The number of para-hydroxylation sites is 1. The lowest BCUT2D eigenvalue weighted by atomic mass is 10.1. The molecule has 0 saturated heterocycles.